The van der Waals surface area contributed by atoms with Crippen LogP contribution in [0.4, 0.5) is 4.79 Å². The molecule has 1 fully saturated rings. The Labute approximate surface area is 118 Å². The van der Waals surface area contributed by atoms with Gasteiger partial charge in [0.25, 0.3) is 0 Å². The average molecular weight is 276 g/mol. The third-order valence-corrected chi connectivity index (χ3v) is 3.68. The number of amides is 2. The average Bonchev–Trinajstić information content (AvgIpc) is 2.96. The third kappa shape index (κ3) is 3.98. The molecule has 0 radical (unpaired) electrons. The lowest BCUT2D eigenvalue weighted by molar-refractivity contribution is -0.139. The first-order chi connectivity index (χ1) is 9.66. The van der Waals surface area contributed by atoms with Gasteiger partial charge in [-0.1, -0.05) is 43.2 Å². The van der Waals surface area contributed by atoms with Gasteiger partial charge in [-0.15, -0.1) is 0 Å². The molecule has 0 saturated heterocycles. The van der Waals surface area contributed by atoms with Gasteiger partial charge >= 0.3 is 12.0 Å². The van der Waals surface area contributed by atoms with Crippen LogP contribution in [0.3, 0.4) is 0 Å². The second-order valence-electron chi connectivity index (χ2n) is 5.19. The van der Waals surface area contributed by atoms with Crippen molar-refractivity contribution in [3.63, 3.8) is 0 Å². The first-order valence-corrected chi connectivity index (χ1v) is 6.99. The van der Waals surface area contributed by atoms with Gasteiger partial charge in [-0.25, -0.2) is 9.59 Å². The number of carboxylic acid groups (broad SMARTS) is 1. The number of carbonyl (C=O) groups excluding carboxylic acids is 1. The topological polar surface area (TPSA) is 78.4 Å². The predicted octanol–water partition coefficient (Wildman–Crippen LogP) is 2.30. The summed E-state index contributed by atoms with van der Waals surface area (Å²) in [7, 11) is 0. The summed E-state index contributed by atoms with van der Waals surface area (Å²) in [5.74, 6) is -0.534. The minimum atomic E-state index is -1.06. The fraction of sp³-hybridized carbons (Fsp3) is 0.467. The molecule has 0 bridgehead atoms. The number of benzene rings is 1. The summed E-state index contributed by atoms with van der Waals surface area (Å²) in [5.41, 5.74) is 0.566. The molecular formula is C15H20N2O3. The van der Waals surface area contributed by atoms with Crippen LogP contribution in [0.5, 0.6) is 0 Å². The van der Waals surface area contributed by atoms with Crippen molar-refractivity contribution < 1.29 is 14.7 Å². The number of carbonyl (C=O) groups is 2. The van der Waals surface area contributed by atoms with Crippen molar-refractivity contribution in [3.05, 3.63) is 35.9 Å². The molecule has 2 rings (SSSR count). The molecule has 1 aliphatic rings. The summed E-state index contributed by atoms with van der Waals surface area (Å²) in [5, 5.41) is 14.5. The molecule has 0 aromatic heterocycles. The van der Waals surface area contributed by atoms with Crippen LogP contribution in [-0.4, -0.2) is 23.7 Å². The van der Waals surface area contributed by atoms with Crippen molar-refractivity contribution in [1.82, 2.24) is 10.6 Å². The number of rotatable bonds is 5. The number of hydrogen-bond acceptors (Lipinski definition) is 2. The maximum absolute atomic E-state index is 11.8. The van der Waals surface area contributed by atoms with Crippen LogP contribution in [0.1, 0.15) is 37.3 Å². The van der Waals surface area contributed by atoms with Gasteiger partial charge in [0.15, 0.2) is 6.04 Å². The quantitative estimate of drug-likeness (QED) is 0.772. The van der Waals surface area contributed by atoms with E-state index in [1.807, 2.05) is 6.07 Å². The van der Waals surface area contributed by atoms with E-state index >= 15 is 0 Å². The second kappa shape index (κ2) is 6.93. The van der Waals surface area contributed by atoms with Crippen molar-refractivity contribution in [2.24, 2.45) is 5.92 Å². The van der Waals surface area contributed by atoms with Crippen molar-refractivity contribution in [1.29, 1.82) is 0 Å². The highest BCUT2D eigenvalue weighted by Gasteiger charge is 2.22. The Morgan fingerprint density at radius 2 is 1.85 bits per heavy atom. The van der Waals surface area contributed by atoms with Crippen molar-refractivity contribution in [3.8, 4) is 0 Å². The van der Waals surface area contributed by atoms with E-state index in [0.717, 1.165) is 12.8 Å². The summed E-state index contributed by atoms with van der Waals surface area (Å²) in [6, 6.07) is 7.26. The molecular weight excluding hydrogens is 256 g/mol. The maximum atomic E-state index is 11.8. The highest BCUT2D eigenvalue weighted by atomic mass is 16.4. The van der Waals surface area contributed by atoms with Crippen LogP contribution >= 0.6 is 0 Å². The van der Waals surface area contributed by atoms with E-state index in [9.17, 15) is 14.7 Å². The Hall–Kier alpha value is -2.04. The molecule has 0 spiro atoms. The summed E-state index contributed by atoms with van der Waals surface area (Å²) in [4.78, 5) is 23.1. The van der Waals surface area contributed by atoms with E-state index in [1.54, 1.807) is 24.3 Å². The first kappa shape index (κ1) is 14.4. The molecule has 1 aliphatic carbocycles. The molecule has 5 nitrogen and oxygen atoms in total. The van der Waals surface area contributed by atoms with Crippen LogP contribution < -0.4 is 10.6 Å². The highest BCUT2D eigenvalue weighted by Crippen LogP contribution is 2.23. The number of nitrogens with one attached hydrogen (secondary N) is 2. The van der Waals surface area contributed by atoms with Crippen molar-refractivity contribution in [2.45, 2.75) is 31.7 Å². The van der Waals surface area contributed by atoms with E-state index in [1.165, 1.54) is 12.8 Å². The Morgan fingerprint density at radius 3 is 2.45 bits per heavy atom. The monoisotopic (exact) mass is 276 g/mol. The highest BCUT2D eigenvalue weighted by molar-refractivity contribution is 5.83. The molecule has 1 aromatic rings. The lowest BCUT2D eigenvalue weighted by Gasteiger charge is -2.17. The molecule has 20 heavy (non-hydrogen) atoms. The molecule has 1 atom stereocenters. The lowest BCUT2D eigenvalue weighted by Crippen LogP contribution is -2.42. The number of urea groups is 1. The molecule has 2 amide bonds. The van der Waals surface area contributed by atoms with Gasteiger partial charge in [0.1, 0.15) is 0 Å². The van der Waals surface area contributed by atoms with Gasteiger partial charge in [-0.05, 0) is 24.3 Å². The predicted molar refractivity (Wildman–Crippen MR) is 75.3 cm³/mol. The standard InChI is InChI=1S/C15H20N2O3/c18-14(19)13(12-8-2-1-3-9-12)17-15(20)16-10-11-6-4-5-7-11/h1-3,8-9,11,13H,4-7,10H2,(H,18,19)(H2,16,17,20)/t13-/m1/s1. The first-order valence-electron chi connectivity index (χ1n) is 6.99. The van der Waals surface area contributed by atoms with Gasteiger partial charge in [0, 0.05) is 6.54 Å². The maximum Gasteiger partial charge on any atom is 0.330 e. The summed E-state index contributed by atoms with van der Waals surface area (Å²) >= 11 is 0. The Bertz CT molecular complexity index is 455. The van der Waals surface area contributed by atoms with E-state index in [-0.39, 0.29) is 0 Å². The summed E-state index contributed by atoms with van der Waals surface area (Å²) in [6.07, 6.45) is 4.72. The molecule has 3 N–H and O–H groups in total. The zero-order chi connectivity index (χ0) is 14.4. The Kier molecular flexibility index (Phi) is 4.98. The molecule has 0 heterocycles. The smallest absolute Gasteiger partial charge is 0.330 e. The Morgan fingerprint density at radius 1 is 1.20 bits per heavy atom. The second-order valence-corrected chi connectivity index (χ2v) is 5.19. The van der Waals surface area contributed by atoms with Crippen LogP contribution in [0.15, 0.2) is 30.3 Å². The van der Waals surface area contributed by atoms with Crippen LogP contribution in [0.25, 0.3) is 0 Å². The molecule has 5 heteroatoms. The largest absolute Gasteiger partial charge is 0.479 e. The summed E-state index contributed by atoms with van der Waals surface area (Å²) in [6.45, 7) is 0.618. The third-order valence-electron chi connectivity index (χ3n) is 3.68. The molecule has 0 unspecified atom stereocenters. The zero-order valence-electron chi connectivity index (χ0n) is 11.3. The van der Waals surface area contributed by atoms with Gasteiger partial charge in [0.2, 0.25) is 0 Å². The Balaban J connectivity index is 1.87. The fourth-order valence-electron chi connectivity index (χ4n) is 2.57. The fourth-order valence-corrected chi connectivity index (χ4v) is 2.57. The molecule has 1 aromatic carbocycles. The molecule has 0 aliphatic heterocycles. The van der Waals surface area contributed by atoms with Gasteiger partial charge in [-0.3, -0.25) is 0 Å². The minimum absolute atomic E-state index is 0.423. The van der Waals surface area contributed by atoms with Gasteiger partial charge < -0.3 is 15.7 Å². The van der Waals surface area contributed by atoms with E-state index in [2.05, 4.69) is 10.6 Å². The normalized spacial score (nSPS) is 16.6. The van der Waals surface area contributed by atoms with Crippen molar-refractivity contribution >= 4 is 12.0 Å². The number of carboxylic acids is 1. The number of hydrogen-bond donors (Lipinski definition) is 3. The van der Waals surface area contributed by atoms with Crippen molar-refractivity contribution in [2.75, 3.05) is 6.54 Å². The number of aliphatic carboxylic acids is 1. The van der Waals surface area contributed by atoms with Crippen LogP contribution in [0.2, 0.25) is 0 Å². The summed E-state index contributed by atoms with van der Waals surface area (Å²) < 4.78 is 0. The van der Waals surface area contributed by atoms with Crippen LogP contribution in [-0.2, 0) is 4.79 Å². The molecule has 108 valence electrons. The van der Waals surface area contributed by atoms with E-state index in [0.29, 0.717) is 18.0 Å². The van der Waals surface area contributed by atoms with E-state index < -0.39 is 18.0 Å². The zero-order valence-corrected chi connectivity index (χ0v) is 11.3. The minimum Gasteiger partial charge on any atom is -0.479 e. The SMILES string of the molecule is O=C(NCC1CCCC1)N[C@@H](C(=O)O)c1ccccc1. The molecule has 1 saturated carbocycles. The van der Waals surface area contributed by atoms with Gasteiger partial charge in [0.05, 0.1) is 0 Å². The lowest BCUT2D eigenvalue weighted by atomic mass is 10.1. The van der Waals surface area contributed by atoms with Crippen LogP contribution in [0, 0.1) is 5.92 Å². The van der Waals surface area contributed by atoms with Gasteiger partial charge in [-0.2, -0.15) is 0 Å². The van der Waals surface area contributed by atoms with E-state index in [4.69, 9.17) is 0 Å².